The maximum atomic E-state index is 15.6. The van der Waals surface area contributed by atoms with Crippen molar-refractivity contribution in [2.24, 2.45) is 5.92 Å². The average Bonchev–Trinajstić information content (AvgIpc) is 3.95. The molecule has 12 nitrogen and oxygen atoms in total. The van der Waals surface area contributed by atoms with E-state index in [0.29, 0.717) is 54.5 Å². The van der Waals surface area contributed by atoms with E-state index >= 15 is 4.79 Å². The molecule has 2 saturated heterocycles. The Kier molecular flexibility index (Phi) is 13.6. The zero-order valence-electron chi connectivity index (χ0n) is 37.5. The molecule has 1 unspecified atom stereocenters. The number of rotatable bonds is 16. The fraction of sp³-hybridized carbons (Fsp3) is 0.460. The summed E-state index contributed by atoms with van der Waals surface area (Å²) in [4.78, 5) is 49.5. The summed E-state index contributed by atoms with van der Waals surface area (Å²) in [5, 5.41) is 24.6. The van der Waals surface area contributed by atoms with Crippen molar-refractivity contribution in [3.63, 3.8) is 0 Å². The largest absolute Gasteiger partial charge is 0.497 e. The molecule has 6 atom stereocenters. The van der Waals surface area contributed by atoms with Crippen LogP contribution in [0, 0.1) is 5.92 Å². The van der Waals surface area contributed by atoms with Crippen LogP contribution in [0.2, 0.25) is 23.7 Å². The van der Waals surface area contributed by atoms with Gasteiger partial charge in [0.25, 0.3) is 5.91 Å². The van der Waals surface area contributed by atoms with Crippen LogP contribution in [0.4, 0.5) is 17.1 Å². The molecule has 0 aromatic heterocycles. The number of methoxy groups -OCH3 is 1. The summed E-state index contributed by atoms with van der Waals surface area (Å²) in [6, 6.07) is 26.5. The molecule has 4 aliphatic rings. The molecule has 340 valence electrons. The number of aliphatic hydroxyl groups is 2. The number of likely N-dealkylation sites (tertiary alicyclic amines) is 1. The normalized spacial score (nSPS) is 24.1. The number of hydrogen-bond acceptors (Lipinski definition) is 9. The molecule has 1 spiro atoms. The Labute approximate surface area is 382 Å². The van der Waals surface area contributed by atoms with Gasteiger partial charge in [-0.3, -0.25) is 19.3 Å². The van der Waals surface area contributed by atoms with Crippen molar-refractivity contribution in [1.29, 1.82) is 0 Å². The molecule has 0 aliphatic carbocycles. The van der Waals surface area contributed by atoms with Gasteiger partial charge in [-0.25, -0.2) is 0 Å². The molecule has 2 fully saturated rings. The SMILES string of the molecule is CCOc1ccc2c(c1)CC(NCCCCO)C(=O)N2c1cccc(CN2C(=O)[C@@]3(O[C@@H](CC(=O)N4CCC[C@H]4CO)[C@H]([Si](C)(C)c4ccc(OC)cc4)[C@H]3C)c3cc(Cl)ccc32)c1. The van der Waals surface area contributed by atoms with Gasteiger partial charge in [-0.2, -0.15) is 0 Å². The standard InChI is InChI=1S/C50H61ClN4O8Si/c1-6-62-39-17-21-43-34(26-39)27-42(52-22-7-8-24-56)48(59)55(43)36-12-9-11-33(25-36)30-54-44-20-14-35(51)28-41(44)50(49(54)60)32(2)47(64(4,5)40-18-15-38(61-3)16-19-40)45(63-50)29-46(58)53-23-10-13-37(53)31-57/h9,11-12,14-21,25-26,28,32,37,42,45,47,52,56-57H,6-8,10,13,22-24,27,29-31H2,1-5H3/t32-,37+,42?,45+,47-,50+/m1/s1. The van der Waals surface area contributed by atoms with Crippen LogP contribution in [0.25, 0.3) is 0 Å². The van der Waals surface area contributed by atoms with Gasteiger partial charge in [-0.05, 0) is 123 Å². The average molecular weight is 910 g/mol. The first kappa shape index (κ1) is 45.8. The number of benzene rings is 4. The van der Waals surface area contributed by atoms with Gasteiger partial charge in [0.1, 0.15) is 11.5 Å². The van der Waals surface area contributed by atoms with Gasteiger partial charge >= 0.3 is 0 Å². The highest BCUT2D eigenvalue weighted by molar-refractivity contribution is 6.91. The number of carbonyl (C=O) groups excluding carboxylic acids is 3. The second kappa shape index (κ2) is 19.0. The summed E-state index contributed by atoms with van der Waals surface area (Å²) in [7, 11) is -0.905. The van der Waals surface area contributed by atoms with Gasteiger partial charge in [0.05, 0.1) is 70.9 Å². The third-order valence-electron chi connectivity index (χ3n) is 14.1. The lowest BCUT2D eigenvalue weighted by molar-refractivity contribution is -0.150. The van der Waals surface area contributed by atoms with E-state index in [1.54, 1.807) is 27.9 Å². The summed E-state index contributed by atoms with van der Waals surface area (Å²) in [5.41, 5.74) is 3.01. The molecule has 0 radical (unpaired) electrons. The number of aliphatic hydroxyl groups excluding tert-OH is 2. The van der Waals surface area contributed by atoms with Gasteiger partial charge in [0.2, 0.25) is 11.8 Å². The highest BCUT2D eigenvalue weighted by Gasteiger charge is 2.66. The quantitative estimate of drug-likeness (QED) is 0.0815. The second-order valence-electron chi connectivity index (χ2n) is 18.2. The molecule has 4 aromatic rings. The number of nitrogens with one attached hydrogen (secondary N) is 1. The van der Waals surface area contributed by atoms with Gasteiger partial charge in [-0.15, -0.1) is 0 Å². The van der Waals surface area contributed by atoms with Crippen LogP contribution in [-0.2, 0) is 37.7 Å². The number of amides is 3. The van der Waals surface area contributed by atoms with Crippen LogP contribution in [-0.4, -0.2) is 99.1 Å². The van der Waals surface area contributed by atoms with Crippen molar-refractivity contribution in [2.45, 2.75) is 101 Å². The summed E-state index contributed by atoms with van der Waals surface area (Å²) >= 11 is 6.79. The highest BCUT2D eigenvalue weighted by atomic mass is 35.5. The van der Waals surface area contributed by atoms with E-state index in [0.717, 1.165) is 52.8 Å². The van der Waals surface area contributed by atoms with E-state index in [1.807, 2.05) is 73.7 Å². The van der Waals surface area contributed by atoms with E-state index in [2.05, 4.69) is 37.5 Å². The van der Waals surface area contributed by atoms with Crippen LogP contribution >= 0.6 is 11.6 Å². The van der Waals surface area contributed by atoms with Crippen LogP contribution in [0.3, 0.4) is 0 Å². The maximum absolute atomic E-state index is 15.6. The first-order valence-corrected chi connectivity index (χ1v) is 26.2. The lowest BCUT2D eigenvalue weighted by atomic mass is 9.82. The number of anilines is 3. The van der Waals surface area contributed by atoms with Crippen molar-refractivity contribution in [1.82, 2.24) is 10.2 Å². The van der Waals surface area contributed by atoms with Gasteiger partial charge in [0.15, 0.2) is 5.60 Å². The van der Waals surface area contributed by atoms with Gasteiger partial charge < -0.3 is 39.5 Å². The summed E-state index contributed by atoms with van der Waals surface area (Å²) in [6.07, 6.45) is 2.95. The third kappa shape index (κ3) is 8.35. The first-order chi connectivity index (χ1) is 30.9. The monoisotopic (exact) mass is 908 g/mol. The Morgan fingerprint density at radius 3 is 2.48 bits per heavy atom. The van der Waals surface area contributed by atoms with Crippen molar-refractivity contribution in [3.8, 4) is 11.5 Å². The van der Waals surface area contributed by atoms with Gasteiger partial charge in [0, 0.05) is 35.3 Å². The lowest BCUT2D eigenvalue weighted by Crippen LogP contribution is -2.52. The van der Waals surface area contributed by atoms with E-state index in [1.165, 1.54) is 0 Å². The van der Waals surface area contributed by atoms with Crippen LogP contribution in [0.15, 0.2) is 84.9 Å². The maximum Gasteiger partial charge on any atom is 0.264 e. The molecular weight excluding hydrogens is 848 g/mol. The molecule has 3 N–H and O–H groups in total. The smallest absolute Gasteiger partial charge is 0.264 e. The molecule has 14 heteroatoms. The molecule has 8 rings (SSSR count). The predicted molar refractivity (Wildman–Crippen MR) is 252 cm³/mol. The zero-order valence-corrected chi connectivity index (χ0v) is 39.3. The minimum absolute atomic E-state index is 0.0775. The topological polar surface area (TPSA) is 141 Å². The number of nitrogens with zero attached hydrogens (tertiary/aromatic N) is 3. The Morgan fingerprint density at radius 1 is 0.984 bits per heavy atom. The summed E-state index contributed by atoms with van der Waals surface area (Å²) in [5.74, 6) is 0.755. The van der Waals surface area contributed by atoms with E-state index in [-0.39, 0.29) is 61.4 Å². The number of ether oxygens (including phenoxy) is 3. The van der Waals surface area contributed by atoms with E-state index in [4.69, 9.17) is 25.8 Å². The lowest BCUT2D eigenvalue weighted by Gasteiger charge is -2.37. The van der Waals surface area contributed by atoms with Crippen LogP contribution < -0.4 is 29.8 Å². The fourth-order valence-corrected chi connectivity index (χ4v) is 15.2. The number of halogens is 1. The molecular formula is C50H61ClN4O8Si. The van der Waals surface area contributed by atoms with E-state index in [9.17, 15) is 19.8 Å². The minimum Gasteiger partial charge on any atom is -0.497 e. The zero-order chi connectivity index (χ0) is 45.3. The van der Waals surface area contributed by atoms with Crippen molar-refractivity contribution in [3.05, 3.63) is 107 Å². The molecule has 4 heterocycles. The number of unbranched alkanes of at least 4 members (excludes halogenated alkanes) is 1. The number of hydrogen-bond donors (Lipinski definition) is 3. The second-order valence-corrected chi connectivity index (χ2v) is 23.3. The Hall–Kier alpha value is -4.76. The van der Waals surface area contributed by atoms with Crippen LogP contribution in [0.1, 0.15) is 62.6 Å². The Bertz CT molecular complexity index is 2360. The number of fused-ring (bicyclic) bond motifs is 3. The molecule has 0 saturated carbocycles. The minimum atomic E-state index is -2.55. The Balaban J connectivity index is 1.15. The van der Waals surface area contributed by atoms with Crippen molar-refractivity contribution in [2.75, 3.05) is 49.8 Å². The molecule has 4 aliphatic heterocycles. The van der Waals surface area contributed by atoms with Crippen molar-refractivity contribution >= 4 is 59.6 Å². The Morgan fingerprint density at radius 2 is 1.75 bits per heavy atom. The van der Waals surface area contributed by atoms with Gasteiger partial charge in [-0.1, -0.05) is 61.1 Å². The third-order valence-corrected chi connectivity index (χ3v) is 18.7. The molecule has 4 aromatic carbocycles. The molecule has 3 amide bonds. The summed E-state index contributed by atoms with van der Waals surface area (Å²) < 4.78 is 18.6. The first-order valence-electron chi connectivity index (χ1n) is 22.7. The number of carbonyl (C=O) groups is 3. The molecule has 64 heavy (non-hydrogen) atoms. The predicted octanol–water partition coefficient (Wildman–Crippen LogP) is 6.84. The molecule has 0 bridgehead atoms. The summed E-state index contributed by atoms with van der Waals surface area (Å²) in [6.45, 7) is 10.5. The fourth-order valence-electron chi connectivity index (χ4n) is 11.0. The van der Waals surface area contributed by atoms with Crippen molar-refractivity contribution < 1.29 is 38.8 Å². The highest BCUT2D eigenvalue weighted by Crippen LogP contribution is 2.60. The van der Waals surface area contributed by atoms with Crippen LogP contribution in [0.5, 0.6) is 11.5 Å². The van der Waals surface area contributed by atoms with E-state index < -0.39 is 25.8 Å².